The molecule has 1 amide bonds. The van der Waals surface area contributed by atoms with Crippen molar-refractivity contribution in [3.05, 3.63) is 29.8 Å². The highest BCUT2D eigenvalue weighted by Gasteiger charge is 2.33. The third-order valence-corrected chi connectivity index (χ3v) is 2.79. The van der Waals surface area contributed by atoms with E-state index in [1.165, 1.54) is 18.2 Å². The maximum atomic E-state index is 12.7. The molecule has 0 radical (unpaired) electrons. The zero-order chi connectivity index (χ0) is 15.9. The van der Waals surface area contributed by atoms with E-state index in [-0.39, 0.29) is 37.2 Å². The number of hydrogen-bond donors (Lipinski definition) is 2. The first-order valence-corrected chi connectivity index (χ1v) is 6.68. The summed E-state index contributed by atoms with van der Waals surface area (Å²) in [6.45, 7) is 1.95. The molecule has 1 atom stereocenters. The van der Waals surface area contributed by atoms with Crippen molar-refractivity contribution in [1.82, 2.24) is 5.32 Å². The van der Waals surface area contributed by atoms with Crippen LogP contribution in [0.3, 0.4) is 0 Å². The van der Waals surface area contributed by atoms with Gasteiger partial charge in [-0.1, -0.05) is 25.5 Å². The summed E-state index contributed by atoms with van der Waals surface area (Å²) in [5, 5.41) is 2.53. The van der Waals surface area contributed by atoms with Gasteiger partial charge in [0.15, 0.2) is 0 Å². The van der Waals surface area contributed by atoms with E-state index in [4.69, 9.17) is 10.5 Å². The molecular formula is C14H20ClF3N2O2. The Morgan fingerprint density at radius 1 is 1.36 bits per heavy atom. The molecule has 1 aromatic rings. The number of benzene rings is 1. The van der Waals surface area contributed by atoms with Gasteiger partial charge >= 0.3 is 6.18 Å². The number of hydrogen-bond acceptors (Lipinski definition) is 3. The average molecular weight is 341 g/mol. The molecule has 0 aliphatic heterocycles. The number of nitrogens with two attached hydrogens (primary N) is 1. The van der Waals surface area contributed by atoms with Crippen molar-refractivity contribution < 1.29 is 22.7 Å². The van der Waals surface area contributed by atoms with E-state index in [0.29, 0.717) is 6.42 Å². The van der Waals surface area contributed by atoms with Gasteiger partial charge in [-0.05, 0) is 18.6 Å². The molecule has 0 bridgehead atoms. The van der Waals surface area contributed by atoms with E-state index < -0.39 is 17.8 Å². The van der Waals surface area contributed by atoms with Crippen LogP contribution in [0.25, 0.3) is 0 Å². The molecule has 0 heterocycles. The highest BCUT2D eigenvalue weighted by Crippen LogP contribution is 2.35. The highest BCUT2D eigenvalue weighted by atomic mass is 35.5. The predicted octanol–water partition coefficient (Wildman–Crippen LogP) is 2.75. The minimum atomic E-state index is -4.47. The maximum Gasteiger partial charge on any atom is 0.419 e. The number of carbonyl (C=O) groups excluding carboxylic acids is 1. The Morgan fingerprint density at radius 3 is 2.59 bits per heavy atom. The number of para-hydroxylation sites is 1. The van der Waals surface area contributed by atoms with E-state index in [9.17, 15) is 18.0 Å². The van der Waals surface area contributed by atoms with Crippen LogP contribution >= 0.6 is 12.4 Å². The summed E-state index contributed by atoms with van der Waals surface area (Å²) in [6, 6.07) is 4.34. The Labute approximate surface area is 133 Å². The summed E-state index contributed by atoms with van der Waals surface area (Å²) in [7, 11) is 0. The summed E-state index contributed by atoms with van der Waals surface area (Å²) < 4.78 is 43.2. The molecule has 0 saturated heterocycles. The van der Waals surface area contributed by atoms with Crippen LogP contribution in [0.2, 0.25) is 0 Å². The van der Waals surface area contributed by atoms with Gasteiger partial charge in [-0.2, -0.15) is 13.2 Å². The largest absolute Gasteiger partial charge is 0.491 e. The molecule has 0 aliphatic rings. The molecule has 1 rings (SSSR count). The van der Waals surface area contributed by atoms with Crippen molar-refractivity contribution in [1.29, 1.82) is 0 Å². The lowest BCUT2D eigenvalue weighted by molar-refractivity contribution is -0.139. The first-order chi connectivity index (χ1) is 9.86. The molecule has 4 nitrogen and oxygen atoms in total. The molecule has 126 valence electrons. The Hall–Kier alpha value is -1.47. The lowest BCUT2D eigenvalue weighted by Gasteiger charge is -2.15. The third kappa shape index (κ3) is 6.53. The van der Waals surface area contributed by atoms with Crippen LogP contribution in [0, 0.1) is 0 Å². The van der Waals surface area contributed by atoms with Gasteiger partial charge in [0.2, 0.25) is 5.91 Å². The minimum absolute atomic E-state index is 0. The SMILES string of the molecule is CCCC(N)C(=O)NCCOc1ccccc1C(F)(F)F.Cl. The average Bonchev–Trinajstić information content (AvgIpc) is 2.43. The molecule has 22 heavy (non-hydrogen) atoms. The number of halogens is 4. The highest BCUT2D eigenvalue weighted by molar-refractivity contribution is 5.85. The minimum Gasteiger partial charge on any atom is -0.491 e. The Kier molecular flexibility index (Phi) is 8.89. The van der Waals surface area contributed by atoms with E-state index in [0.717, 1.165) is 12.5 Å². The smallest absolute Gasteiger partial charge is 0.419 e. The van der Waals surface area contributed by atoms with E-state index in [2.05, 4.69) is 5.32 Å². The van der Waals surface area contributed by atoms with Crippen molar-refractivity contribution in [2.24, 2.45) is 5.73 Å². The van der Waals surface area contributed by atoms with Crippen molar-refractivity contribution in [3.8, 4) is 5.75 Å². The number of alkyl halides is 3. The van der Waals surface area contributed by atoms with Gasteiger partial charge in [0.05, 0.1) is 18.2 Å². The standard InChI is InChI=1S/C14H19F3N2O2.ClH/c1-2-5-11(18)13(20)19-8-9-21-12-7-4-3-6-10(12)14(15,16)17;/h3-4,6-7,11H,2,5,8-9,18H2,1H3,(H,19,20);1H. The van der Waals surface area contributed by atoms with Gasteiger partial charge in [-0.15, -0.1) is 12.4 Å². The van der Waals surface area contributed by atoms with Crippen LogP contribution in [0.5, 0.6) is 5.75 Å². The zero-order valence-corrected chi connectivity index (χ0v) is 13.0. The number of nitrogens with one attached hydrogen (secondary N) is 1. The molecule has 0 fully saturated rings. The Bertz CT molecular complexity index is 470. The third-order valence-electron chi connectivity index (χ3n) is 2.79. The fraction of sp³-hybridized carbons (Fsp3) is 0.500. The first kappa shape index (κ1) is 20.5. The van der Waals surface area contributed by atoms with Gasteiger partial charge in [0.25, 0.3) is 0 Å². The fourth-order valence-corrected chi connectivity index (χ4v) is 1.74. The molecule has 1 unspecified atom stereocenters. The Morgan fingerprint density at radius 2 is 2.00 bits per heavy atom. The lowest BCUT2D eigenvalue weighted by atomic mass is 10.2. The van der Waals surface area contributed by atoms with Gasteiger partial charge in [-0.3, -0.25) is 4.79 Å². The quantitative estimate of drug-likeness (QED) is 0.750. The van der Waals surface area contributed by atoms with E-state index >= 15 is 0 Å². The van der Waals surface area contributed by atoms with Gasteiger partial charge in [0, 0.05) is 0 Å². The summed E-state index contributed by atoms with van der Waals surface area (Å²) in [5.74, 6) is -0.582. The van der Waals surface area contributed by atoms with Crippen LogP contribution in [-0.2, 0) is 11.0 Å². The fourth-order valence-electron chi connectivity index (χ4n) is 1.74. The normalized spacial score (nSPS) is 12.2. The second-order valence-electron chi connectivity index (χ2n) is 4.53. The van der Waals surface area contributed by atoms with Crippen molar-refractivity contribution in [3.63, 3.8) is 0 Å². The molecule has 0 aliphatic carbocycles. The number of carbonyl (C=O) groups is 1. The first-order valence-electron chi connectivity index (χ1n) is 6.68. The van der Waals surface area contributed by atoms with Gasteiger partial charge in [-0.25, -0.2) is 0 Å². The molecular weight excluding hydrogens is 321 g/mol. The van der Waals surface area contributed by atoms with Crippen LogP contribution in [0.15, 0.2) is 24.3 Å². The van der Waals surface area contributed by atoms with Crippen LogP contribution in [0.4, 0.5) is 13.2 Å². The number of amides is 1. The molecule has 0 aromatic heterocycles. The van der Waals surface area contributed by atoms with E-state index in [1.807, 2.05) is 6.92 Å². The lowest BCUT2D eigenvalue weighted by Crippen LogP contribution is -2.41. The number of rotatable bonds is 7. The molecule has 0 spiro atoms. The summed E-state index contributed by atoms with van der Waals surface area (Å²) in [4.78, 5) is 11.5. The van der Waals surface area contributed by atoms with Gasteiger partial charge < -0.3 is 15.8 Å². The Balaban J connectivity index is 0.00000441. The predicted molar refractivity (Wildman–Crippen MR) is 80.1 cm³/mol. The van der Waals surface area contributed by atoms with Crippen LogP contribution in [0.1, 0.15) is 25.3 Å². The second-order valence-corrected chi connectivity index (χ2v) is 4.53. The summed E-state index contributed by atoms with van der Waals surface area (Å²) in [6.07, 6.45) is -3.13. The van der Waals surface area contributed by atoms with Crippen molar-refractivity contribution in [2.75, 3.05) is 13.2 Å². The van der Waals surface area contributed by atoms with Gasteiger partial charge in [0.1, 0.15) is 12.4 Å². The van der Waals surface area contributed by atoms with Crippen molar-refractivity contribution >= 4 is 18.3 Å². The molecule has 0 saturated carbocycles. The topological polar surface area (TPSA) is 64.4 Å². The second kappa shape index (κ2) is 9.53. The monoisotopic (exact) mass is 340 g/mol. The maximum absolute atomic E-state index is 12.7. The summed E-state index contributed by atoms with van der Waals surface area (Å²) in [5.41, 5.74) is 4.77. The van der Waals surface area contributed by atoms with Crippen LogP contribution < -0.4 is 15.8 Å². The molecule has 1 aromatic carbocycles. The van der Waals surface area contributed by atoms with E-state index in [1.54, 1.807) is 0 Å². The molecule has 8 heteroatoms. The van der Waals surface area contributed by atoms with Crippen LogP contribution in [-0.4, -0.2) is 25.1 Å². The zero-order valence-electron chi connectivity index (χ0n) is 12.2. The molecule has 3 N–H and O–H groups in total. The number of ether oxygens (including phenoxy) is 1. The summed E-state index contributed by atoms with van der Waals surface area (Å²) >= 11 is 0. The van der Waals surface area contributed by atoms with Crippen molar-refractivity contribution in [2.45, 2.75) is 32.0 Å².